The first-order valence-corrected chi connectivity index (χ1v) is 9.73. The van der Waals surface area contributed by atoms with Crippen molar-refractivity contribution in [1.82, 2.24) is 20.2 Å². The monoisotopic (exact) mass is 346 g/mol. The van der Waals surface area contributed by atoms with Gasteiger partial charge < -0.3 is 20.1 Å². The van der Waals surface area contributed by atoms with Crippen LogP contribution in [-0.2, 0) is 13.6 Å². The number of rotatable bonds is 4. The fourth-order valence-corrected chi connectivity index (χ4v) is 4.58. The van der Waals surface area contributed by atoms with E-state index < -0.39 is 0 Å². The minimum absolute atomic E-state index is 0.564. The lowest BCUT2D eigenvalue weighted by atomic mass is 9.69. The molecule has 3 rings (SSSR count). The molecule has 0 radical (unpaired) electrons. The van der Waals surface area contributed by atoms with Crippen LogP contribution in [0.25, 0.3) is 0 Å². The van der Waals surface area contributed by atoms with Crippen LogP contribution in [0.3, 0.4) is 0 Å². The Kier molecular flexibility index (Phi) is 5.86. The Hall–Kier alpha value is -1.72. The van der Waals surface area contributed by atoms with Crippen molar-refractivity contribution in [2.45, 2.75) is 57.5 Å². The van der Waals surface area contributed by atoms with Crippen LogP contribution in [0.15, 0.2) is 11.2 Å². The van der Waals surface area contributed by atoms with Gasteiger partial charge in [0, 0.05) is 34.2 Å². The normalized spacial score (nSPS) is 26.9. The zero-order valence-corrected chi connectivity index (χ0v) is 16.3. The summed E-state index contributed by atoms with van der Waals surface area (Å²) in [6, 6.07) is 0.564. The summed E-state index contributed by atoms with van der Waals surface area (Å²) in [5, 5.41) is 7.11. The lowest BCUT2D eigenvalue weighted by Crippen LogP contribution is -2.46. The molecule has 0 amide bonds. The van der Waals surface area contributed by atoms with E-state index in [0.29, 0.717) is 6.04 Å². The number of fused-ring (bicyclic) bond motifs is 1. The summed E-state index contributed by atoms with van der Waals surface area (Å²) < 4.78 is 2.12. The van der Waals surface area contributed by atoms with Crippen molar-refractivity contribution in [3.63, 3.8) is 0 Å². The molecule has 1 aromatic heterocycles. The van der Waals surface area contributed by atoms with Gasteiger partial charge in [-0.05, 0) is 31.1 Å². The van der Waals surface area contributed by atoms with E-state index in [9.17, 15) is 0 Å². The Labute approximate surface area is 152 Å². The SMILES string of the molecule is CN=C(NCc1cnc(N(C)C)n1C)NC1CCC2CCCCC2C1. The second-order valence-corrected chi connectivity index (χ2v) is 7.89. The molecular formula is C19H34N6. The third kappa shape index (κ3) is 4.28. The highest BCUT2D eigenvalue weighted by molar-refractivity contribution is 5.79. The quantitative estimate of drug-likeness (QED) is 0.650. The lowest BCUT2D eigenvalue weighted by molar-refractivity contribution is 0.150. The molecule has 1 aromatic rings. The lowest BCUT2D eigenvalue weighted by Gasteiger charge is -2.39. The van der Waals surface area contributed by atoms with Crippen LogP contribution in [-0.4, -0.2) is 42.7 Å². The average Bonchev–Trinajstić information content (AvgIpc) is 2.99. The molecule has 0 aromatic carbocycles. The summed E-state index contributed by atoms with van der Waals surface area (Å²) in [5.41, 5.74) is 1.16. The zero-order valence-electron chi connectivity index (χ0n) is 16.3. The summed E-state index contributed by atoms with van der Waals surface area (Å²) in [7, 11) is 7.94. The first kappa shape index (κ1) is 18.1. The van der Waals surface area contributed by atoms with Crippen LogP contribution in [0.1, 0.15) is 50.6 Å². The Balaban J connectivity index is 1.51. The van der Waals surface area contributed by atoms with Gasteiger partial charge in [-0.2, -0.15) is 0 Å². The van der Waals surface area contributed by atoms with Crippen molar-refractivity contribution in [1.29, 1.82) is 0 Å². The van der Waals surface area contributed by atoms with E-state index in [1.807, 2.05) is 32.2 Å². The largest absolute Gasteiger partial charge is 0.354 e. The summed E-state index contributed by atoms with van der Waals surface area (Å²) >= 11 is 0. The van der Waals surface area contributed by atoms with E-state index in [1.54, 1.807) is 0 Å². The molecule has 3 atom stereocenters. The molecule has 0 aliphatic heterocycles. The van der Waals surface area contributed by atoms with Crippen molar-refractivity contribution in [3.8, 4) is 0 Å². The minimum Gasteiger partial charge on any atom is -0.354 e. The van der Waals surface area contributed by atoms with Crippen molar-refractivity contribution in [2.75, 3.05) is 26.0 Å². The van der Waals surface area contributed by atoms with Gasteiger partial charge in [0.2, 0.25) is 5.95 Å². The number of aromatic nitrogens is 2. The molecule has 0 spiro atoms. The number of hydrogen-bond acceptors (Lipinski definition) is 3. The first-order valence-electron chi connectivity index (χ1n) is 9.73. The molecule has 2 fully saturated rings. The summed E-state index contributed by atoms with van der Waals surface area (Å²) in [5.74, 6) is 3.79. The van der Waals surface area contributed by atoms with Crippen LogP contribution in [0.2, 0.25) is 0 Å². The standard InChI is InChI=1S/C19H34N6/c1-20-18(21-12-17-13-22-19(24(2)3)25(17)4)23-16-10-9-14-7-5-6-8-15(14)11-16/h13-16H,5-12H2,1-4H3,(H2,20,21,23). The van der Waals surface area contributed by atoms with Crippen LogP contribution in [0.4, 0.5) is 5.95 Å². The predicted octanol–water partition coefficient (Wildman–Crippen LogP) is 2.51. The third-order valence-corrected chi connectivity index (χ3v) is 6.00. The zero-order chi connectivity index (χ0) is 17.8. The molecule has 6 nitrogen and oxygen atoms in total. The molecule has 2 N–H and O–H groups in total. The van der Waals surface area contributed by atoms with Crippen LogP contribution in [0, 0.1) is 11.8 Å². The molecule has 6 heteroatoms. The van der Waals surface area contributed by atoms with Crippen LogP contribution in [0.5, 0.6) is 0 Å². The van der Waals surface area contributed by atoms with E-state index in [-0.39, 0.29) is 0 Å². The van der Waals surface area contributed by atoms with E-state index in [2.05, 4.69) is 32.2 Å². The number of aliphatic imine (C=N–C) groups is 1. The summed E-state index contributed by atoms with van der Waals surface area (Å²) in [4.78, 5) is 10.9. The van der Waals surface area contributed by atoms with Crippen LogP contribution >= 0.6 is 0 Å². The van der Waals surface area contributed by atoms with Gasteiger partial charge in [-0.25, -0.2) is 4.98 Å². The maximum Gasteiger partial charge on any atom is 0.204 e. The molecule has 0 bridgehead atoms. The van der Waals surface area contributed by atoms with Gasteiger partial charge in [0.1, 0.15) is 0 Å². The Morgan fingerprint density at radius 2 is 2.00 bits per heavy atom. The topological polar surface area (TPSA) is 57.5 Å². The molecule has 1 heterocycles. The molecule has 25 heavy (non-hydrogen) atoms. The molecular weight excluding hydrogens is 312 g/mol. The number of guanidine groups is 1. The maximum absolute atomic E-state index is 4.47. The second kappa shape index (κ2) is 8.11. The van der Waals surface area contributed by atoms with E-state index in [4.69, 9.17) is 0 Å². The highest BCUT2D eigenvalue weighted by atomic mass is 15.3. The Morgan fingerprint density at radius 3 is 2.68 bits per heavy atom. The van der Waals surface area contributed by atoms with Gasteiger partial charge in [0.05, 0.1) is 18.4 Å². The van der Waals surface area contributed by atoms with Gasteiger partial charge in [0.25, 0.3) is 0 Å². The molecule has 0 saturated heterocycles. The molecule has 2 aliphatic rings. The van der Waals surface area contributed by atoms with Gasteiger partial charge in [-0.15, -0.1) is 0 Å². The Morgan fingerprint density at radius 1 is 1.24 bits per heavy atom. The highest BCUT2D eigenvalue weighted by Crippen LogP contribution is 2.40. The van der Waals surface area contributed by atoms with E-state index in [1.165, 1.54) is 44.9 Å². The fourth-order valence-electron chi connectivity index (χ4n) is 4.58. The van der Waals surface area contributed by atoms with Crippen molar-refractivity contribution >= 4 is 11.9 Å². The van der Waals surface area contributed by atoms with Gasteiger partial charge in [-0.3, -0.25) is 4.99 Å². The maximum atomic E-state index is 4.47. The summed E-state index contributed by atoms with van der Waals surface area (Å²) in [6.07, 6.45) is 11.7. The molecule has 2 aliphatic carbocycles. The number of nitrogens with zero attached hydrogens (tertiary/aromatic N) is 4. The van der Waals surface area contributed by atoms with Gasteiger partial charge >= 0.3 is 0 Å². The average molecular weight is 347 g/mol. The first-order chi connectivity index (χ1) is 12.1. The second-order valence-electron chi connectivity index (χ2n) is 7.89. The number of hydrogen-bond donors (Lipinski definition) is 2. The number of imidazole rings is 1. The molecule has 2 saturated carbocycles. The van der Waals surface area contributed by atoms with Crippen molar-refractivity contribution in [2.24, 2.45) is 23.9 Å². The highest BCUT2D eigenvalue weighted by Gasteiger charge is 2.32. The molecule has 140 valence electrons. The molecule has 3 unspecified atom stereocenters. The Bertz CT molecular complexity index is 591. The van der Waals surface area contributed by atoms with E-state index in [0.717, 1.165) is 36.0 Å². The smallest absolute Gasteiger partial charge is 0.204 e. The number of anilines is 1. The van der Waals surface area contributed by atoms with Crippen LogP contribution < -0.4 is 15.5 Å². The predicted molar refractivity (Wildman–Crippen MR) is 104 cm³/mol. The minimum atomic E-state index is 0.564. The fraction of sp³-hybridized carbons (Fsp3) is 0.789. The summed E-state index contributed by atoms with van der Waals surface area (Å²) in [6.45, 7) is 0.732. The van der Waals surface area contributed by atoms with Crippen molar-refractivity contribution in [3.05, 3.63) is 11.9 Å². The third-order valence-electron chi connectivity index (χ3n) is 6.00. The van der Waals surface area contributed by atoms with Gasteiger partial charge in [0.15, 0.2) is 5.96 Å². The van der Waals surface area contributed by atoms with E-state index >= 15 is 0 Å². The van der Waals surface area contributed by atoms with Crippen molar-refractivity contribution < 1.29 is 0 Å². The van der Waals surface area contributed by atoms with Gasteiger partial charge in [-0.1, -0.05) is 25.7 Å². The number of nitrogens with one attached hydrogen (secondary N) is 2.